The zero-order valence-electron chi connectivity index (χ0n) is 18.2. The van der Waals surface area contributed by atoms with Crippen LogP contribution in [-0.4, -0.2) is 54.1 Å². The van der Waals surface area contributed by atoms with Crippen LogP contribution in [0.25, 0.3) is 0 Å². The smallest absolute Gasteiger partial charge is 0.359 e. The van der Waals surface area contributed by atoms with Crippen molar-refractivity contribution in [1.29, 1.82) is 0 Å². The summed E-state index contributed by atoms with van der Waals surface area (Å²) in [6, 6.07) is 18.8. The van der Waals surface area contributed by atoms with E-state index in [1.54, 1.807) is 24.3 Å². The number of carbonyl (C=O) groups is 2. The van der Waals surface area contributed by atoms with Crippen LogP contribution in [0.1, 0.15) is 10.5 Å². The maximum Gasteiger partial charge on any atom is 0.359 e. The van der Waals surface area contributed by atoms with E-state index < -0.39 is 18.5 Å². The first-order chi connectivity index (χ1) is 16.6. The van der Waals surface area contributed by atoms with Gasteiger partial charge in [-0.3, -0.25) is 9.59 Å². The standard InChI is InChI=1S/C24H23N3O7/c28-22(25-14-18-15-32-20-8-4-5-9-21(20)34-18)16-33-24(30)19-10-11-23(29)27(26-19)12-13-31-17-6-2-1-3-7-17/h1-11,18H,12-16H2,(H,25,28). The maximum atomic E-state index is 12.3. The van der Waals surface area contributed by atoms with Gasteiger partial charge in [0.2, 0.25) is 0 Å². The Bertz CT molecular complexity index is 1200. The molecule has 1 N–H and O–H groups in total. The lowest BCUT2D eigenvalue weighted by Crippen LogP contribution is -2.42. The van der Waals surface area contributed by atoms with E-state index in [4.69, 9.17) is 18.9 Å². The number of amides is 1. The summed E-state index contributed by atoms with van der Waals surface area (Å²) in [5, 5.41) is 6.64. The minimum Gasteiger partial charge on any atom is -0.492 e. The maximum absolute atomic E-state index is 12.3. The summed E-state index contributed by atoms with van der Waals surface area (Å²) in [4.78, 5) is 36.4. The molecule has 1 unspecified atom stereocenters. The largest absolute Gasteiger partial charge is 0.492 e. The third-order valence-corrected chi connectivity index (χ3v) is 4.82. The first-order valence-corrected chi connectivity index (χ1v) is 10.7. The van der Waals surface area contributed by atoms with Gasteiger partial charge in [0.05, 0.1) is 13.1 Å². The Kier molecular flexibility index (Phi) is 7.39. The molecule has 0 aliphatic carbocycles. The Labute approximate surface area is 195 Å². The fraction of sp³-hybridized carbons (Fsp3) is 0.250. The van der Waals surface area contributed by atoms with Gasteiger partial charge in [-0.05, 0) is 30.3 Å². The molecule has 1 amide bonds. The highest BCUT2D eigenvalue weighted by Crippen LogP contribution is 2.30. The number of hydrogen-bond donors (Lipinski definition) is 1. The monoisotopic (exact) mass is 465 g/mol. The average Bonchev–Trinajstić information content (AvgIpc) is 2.87. The van der Waals surface area contributed by atoms with E-state index in [1.165, 1.54) is 12.1 Å². The van der Waals surface area contributed by atoms with Gasteiger partial charge in [-0.1, -0.05) is 30.3 Å². The number of carbonyl (C=O) groups excluding carboxylic acids is 2. The van der Waals surface area contributed by atoms with Crippen molar-refractivity contribution in [3.8, 4) is 17.2 Å². The van der Waals surface area contributed by atoms with Crippen molar-refractivity contribution in [2.45, 2.75) is 12.6 Å². The van der Waals surface area contributed by atoms with Crippen molar-refractivity contribution in [1.82, 2.24) is 15.1 Å². The molecule has 34 heavy (non-hydrogen) atoms. The molecule has 4 rings (SSSR count). The van der Waals surface area contributed by atoms with Crippen LogP contribution in [0.5, 0.6) is 17.2 Å². The van der Waals surface area contributed by atoms with Crippen molar-refractivity contribution in [3.05, 3.63) is 82.8 Å². The molecule has 0 bridgehead atoms. The first-order valence-electron chi connectivity index (χ1n) is 10.7. The van der Waals surface area contributed by atoms with Crippen LogP contribution >= 0.6 is 0 Å². The molecule has 0 saturated heterocycles. The normalized spacial score (nSPS) is 14.2. The summed E-state index contributed by atoms with van der Waals surface area (Å²) in [6.45, 7) is 0.309. The van der Waals surface area contributed by atoms with E-state index in [9.17, 15) is 14.4 Å². The van der Waals surface area contributed by atoms with Crippen LogP contribution in [0.15, 0.2) is 71.5 Å². The molecule has 0 spiro atoms. The Morgan fingerprint density at radius 2 is 1.79 bits per heavy atom. The molecule has 176 valence electrons. The summed E-state index contributed by atoms with van der Waals surface area (Å²) in [6.07, 6.45) is -0.363. The van der Waals surface area contributed by atoms with Gasteiger partial charge in [0.25, 0.3) is 11.5 Å². The van der Waals surface area contributed by atoms with E-state index in [-0.39, 0.29) is 43.7 Å². The lowest BCUT2D eigenvalue weighted by atomic mass is 10.2. The molecular weight excluding hydrogens is 442 g/mol. The van der Waals surface area contributed by atoms with Gasteiger partial charge in [-0.2, -0.15) is 5.10 Å². The number of benzene rings is 2. The fourth-order valence-corrected chi connectivity index (χ4v) is 3.13. The molecule has 2 heterocycles. The molecule has 1 aliphatic heterocycles. The Balaban J connectivity index is 1.22. The molecular formula is C24H23N3O7. The number of ether oxygens (including phenoxy) is 4. The van der Waals surface area contributed by atoms with Crippen molar-refractivity contribution in [2.75, 3.05) is 26.4 Å². The molecule has 3 aromatic rings. The van der Waals surface area contributed by atoms with E-state index in [2.05, 4.69) is 10.4 Å². The molecule has 10 nitrogen and oxygen atoms in total. The Morgan fingerprint density at radius 1 is 1.03 bits per heavy atom. The first kappa shape index (κ1) is 22.8. The van der Waals surface area contributed by atoms with Crippen LogP contribution in [-0.2, 0) is 16.1 Å². The van der Waals surface area contributed by atoms with Crippen molar-refractivity contribution >= 4 is 11.9 Å². The lowest BCUT2D eigenvalue weighted by molar-refractivity contribution is -0.124. The molecule has 1 aromatic heterocycles. The third kappa shape index (κ3) is 6.12. The van der Waals surface area contributed by atoms with Gasteiger partial charge in [0, 0.05) is 6.07 Å². The second-order valence-corrected chi connectivity index (χ2v) is 7.32. The average molecular weight is 465 g/mol. The highest BCUT2D eigenvalue weighted by atomic mass is 16.6. The lowest BCUT2D eigenvalue weighted by Gasteiger charge is -2.26. The number of nitrogens with zero attached hydrogens (tertiary/aromatic N) is 2. The topological polar surface area (TPSA) is 118 Å². The van der Waals surface area contributed by atoms with Crippen molar-refractivity contribution in [2.24, 2.45) is 0 Å². The third-order valence-electron chi connectivity index (χ3n) is 4.82. The highest BCUT2D eigenvalue weighted by molar-refractivity contribution is 5.89. The molecule has 0 radical (unpaired) electrons. The van der Waals surface area contributed by atoms with Crippen LogP contribution in [0.3, 0.4) is 0 Å². The van der Waals surface area contributed by atoms with Gasteiger partial charge in [-0.25, -0.2) is 9.48 Å². The second kappa shape index (κ2) is 11.0. The SMILES string of the molecule is O=C(COC(=O)c1ccc(=O)n(CCOc2ccccc2)n1)NCC1COc2ccccc2O1. The van der Waals surface area contributed by atoms with Crippen LogP contribution in [0.4, 0.5) is 0 Å². The zero-order valence-corrected chi connectivity index (χ0v) is 18.2. The summed E-state index contributed by atoms with van der Waals surface area (Å²) in [7, 11) is 0. The molecule has 1 aliphatic rings. The number of rotatable bonds is 9. The van der Waals surface area contributed by atoms with Crippen LogP contribution < -0.4 is 25.1 Å². The summed E-state index contributed by atoms with van der Waals surface area (Å²) >= 11 is 0. The Hall–Kier alpha value is -4.34. The minimum atomic E-state index is -0.820. The number of hydrogen-bond acceptors (Lipinski definition) is 8. The molecule has 0 saturated carbocycles. The second-order valence-electron chi connectivity index (χ2n) is 7.32. The van der Waals surface area contributed by atoms with Crippen molar-refractivity contribution in [3.63, 3.8) is 0 Å². The van der Waals surface area contributed by atoms with Gasteiger partial charge in [-0.15, -0.1) is 0 Å². The van der Waals surface area contributed by atoms with E-state index in [1.807, 2.05) is 30.3 Å². The number of aromatic nitrogens is 2. The molecule has 2 aromatic carbocycles. The fourth-order valence-electron chi connectivity index (χ4n) is 3.13. The number of esters is 1. The van der Waals surface area contributed by atoms with Gasteiger partial charge in [0.15, 0.2) is 23.8 Å². The highest BCUT2D eigenvalue weighted by Gasteiger charge is 2.21. The summed E-state index contributed by atoms with van der Waals surface area (Å²) in [5.41, 5.74) is -0.477. The van der Waals surface area contributed by atoms with Gasteiger partial charge in [0.1, 0.15) is 25.1 Å². The molecule has 0 fully saturated rings. The van der Waals surface area contributed by atoms with E-state index in [0.717, 1.165) is 4.68 Å². The van der Waals surface area contributed by atoms with E-state index >= 15 is 0 Å². The van der Waals surface area contributed by atoms with E-state index in [0.29, 0.717) is 17.2 Å². The minimum absolute atomic E-state index is 0.0901. The number of fused-ring (bicyclic) bond motifs is 1. The molecule has 10 heteroatoms. The Morgan fingerprint density at radius 3 is 2.62 bits per heavy atom. The quantitative estimate of drug-likeness (QED) is 0.472. The van der Waals surface area contributed by atoms with Gasteiger partial charge < -0.3 is 24.3 Å². The zero-order chi connectivity index (χ0) is 23.8. The number of nitrogens with one attached hydrogen (secondary N) is 1. The molecule has 1 atom stereocenters. The summed E-state index contributed by atoms with van der Waals surface area (Å²) < 4.78 is 23.0. The number of para-hydroxylation sites is 3. The van der Waals surface area contributed by atoms with Crippen LogP contribution in [0, 0.1) is 0 Å². The van der Waals surface area contributed by atoms with Gasteiger partial charge >= 0.3 is 5.97 Å². The predicted octanol–water partition coefficient (Wildman–Crippen LogP) is 1.44. The van der Waals surface area contributed by atoms with Crippen LogP contribution in [0.2, 0.25) is 0 Å². The predicted molar refractivity (Wildman–Crippen MR) is 120 cm³/mol. The van der Waals surface area contributed by atoms with Crippen molar-refractivity contribution < 1.29 is 28.5 Å². The summed E-state index contributed by atoms with van der Waals surface area (Å²) in [5.74, 6) is 0.597.